The van der Waals surface area contributed by atoms with Gasteiger partial charge in [0.2, 0.25) is 10.9 Å². The second kappa shape index (κ2) is 10.4. The third kappa shape index (κ3) is 5.41. The third-order valence-corrected chi connectivity index (χ3v) is 6.89. The number of hydrogen-bond donors (Lipinski definition) is 0. The first-order valence-electron chi connectivity index (χ1n) is 10.9. The molecule has 13 heteroatoms. The largest absolute Gasteiger partial charge is 0.454 e. The number of benzene rings is 1. The molecule has 0 aliphatic carbocycles. The highest BCUT2D eigenvalue weighted by atomic mass is 32.2. The van der Waals surface area contributed by atoms with E-state index in [0.29, 0.717) is 17.3 Å². The number of tetrazole rings is 1. The van der Waals surface area contributed by atoms with Crippen molar-refractivity contribution < 1.29 is 24.0 Å². The van der Waals surface area contributed by atoms with Gasteiger partial charge in [0.25, 0.3) is 5.69 Å². The first-order valence-corrected chi connectivity index (χ1v) is 11.7. The highest BCUT2D eigenvalue weighted by Crippen LogP contribution is 2.34. The highest BCUT2D eigenvalue weighted by Gasteiger charge is 2.24. The van der Waals surface area contributed by atoms with Gasteiger partial charge in [-0.2, -0.15) is 0 Å². The van der Waals surface area contributed by atoms with E-state index in [2.05, 4.69) is 15.5 Å². The van der Waals surface area contributed by atoms with Crippen molar-refractivity contribution in [1.29, 1.82) is 0 Å². The number of carbonyl (C=O) groups excluding carboxylic acids is 2. The maximum atomic E-state index is 12.8. The van der Waals surface area contributed by atoms with Gasteiger partial charge >= 0.3 is 5.97 Å². The number of esters is 1. The Labute approximate surface area is 204 Å². The third-order valence-electron chi connectivity index (χ3n) is 5.79. The van der Waals surface area contributed by atoms with Crippen molar-refractivity contribution in [2.24, 2.45) is 7.05 Å². The van der Waals surface area contributed by atoms with E-state index in [1.54, 1.807) is 13.1 Å². The summed E-state index contributed by atoms with van der Waals surface area (Å²) in [5.41, 5.74) is 1.86. The summed E-state index contributed by atoms with van der Waals surface area (Å²) in [6.45, 7) is 4.71. The van der Waals surface area contributed by atoms with Crippen LogP contribution in [0.5, 0.6) is 0 Å². The Hall–Kier alpha value is -3.58. The Balaban J connectivity index is 1.43. The van der Waals surface area contributed by atoms with Crippen LogP contribution in [0.15, 0.2) is 34.3 Å². The summed E-state index contributed by atoms with van der Waals surface area (Å²) in [6.07, 6.45) is 2.14. The van der Waals surface area contributed by atoms with Crippen molar-refractivity contribution in [3.8, 4) is 0 Å². The number of nitro groups is 1. The molecule has 0 N–H and O–H groups in total. The van der Waals surface area contributed by atoms with E-state index in [4.69, 9.17) is 9.47 Å². The number of carbonyl (C=O) groups is 2. The van der Waals surface area contributed by atoms with Crippen LogP contribution >= 0.6 is 11.8 Å². The van der Waals surface area contributed by atoms with E-state index < -0.39 is 17.5 Å². The van der Waals surface area contributed by atoms with Crippen LogP contribution in [0.1, 0.15) is 44.9 Å². The van der Waals surface area contributed by atoms with Gasteiger partial charge in [-0.3, -0.25) is 14.9 Å². The number of aromatic nitrogens is 5. The predicted octanol–water partition coefficient (Wildman–Crippen LogP) is 2.91. The number of Topliss-reactive ketones (excluding diaryl/α,β-unsaturated/α-hetero) is 1. The van der Waals surface area contributed by atoms with Crippen molar-refractivity contribution in [2.75, 3.05) is 13.2 Å². The zero-order valence-corrected chi connectivity index (χ0v) is 20.3. The lowest BCUT2D eigenvalue weighted by Crippen LogP contribution is -2.18. The van der Waals surface area contributed by atoms with Gasteiger partial charge in [-0.05, 0) is 67.1 Å². The Morgan fingerprint density at radius 2 is 2.11 bits per heavy atom. The lowest BCUT2D eigenvalue weighted by molar-refractivity contribution is -0.387. The monoisotopic (exact) mass is 500 g/mol. The first kappa shape index (κ1) is 24.5. The van der Waals surface area contributed by atoms with Crippen molar-refractivity contribution in [3.63, 3.8) is 0 Å². The summed E-state index contributed by atoms with van der Waals surface area (Å²) >= 11 is 0.996. The molecule has 1 atom stereocenters. The molecule has 2 aromatic heterocycles. The summed E-state index contributed by atoms with van der Waals surface area (Å²) in [5.74, 6) is -1.17. The second-order valence-electron chi connectivity index (χ2n) is 8.16. The Morgan fingerprint density at radius 1 is 1.31 bits per heavy atom. The number of ether oxygens (including phenoxy) is 2. The first-order chi connectivity index (χ1) is 16.7. The standard InChI is InChI=1S/C22H24N6O6S/c1-13-9-17(14(2)27(13)11-16-5-4-8-33-16)19(29)12-34-21(30)15-6-7-20(18(10-15)28(31)32)35-22-23-24-25-26(22)3/h6-7,9-10,16H,4-5,8,11-12H2,1-3H3/t16-/m0/s1. The molecule has 1 aliphatic rings. The molecular formula is C22H24N6O6S. The molecule has 1 saturated heterocycles. The van der Waals surface area contributed by atoms with Crippen LogP contribution in [0, 0.1) is 24.0 Å². The lowest BCUT2D eigenvalue weighted by Gasteiger charge is -2.14. The van der Waals surface area contributed by atoms with Crippen molar-refractivity contribution in [1.82, 2.24) is 24.8 Å². The number of nitro benzene ring substituents is 1. The lowest BCUT2D eigenvalue weighted by atomic mass is 10.1. The maximum absolute atomic E-state index is 12.8. The van der Waals surface area contributed by atoms with Gasteiger partial charge in [-0.1, -0.05) is 0 Å². The summed E-state index contributed by atoms with van der Waals surface area (Å²) in [5, 5.41) is 22.9. The molecule has 1 fully saturated rings. The van der Waals surface area contributed by atoms with Crippen molar-refractivity contribution >= 4 is 29.2 Å². The van der Waals surface area contributed by atoms with Crippen molar-refractivity contribution in [2.45, 2.75) is 49.4 Å². The quantitative estimate of drug-likeness (QED) is 0.186. The Morgan fingerprint density at radius 3 is 2.77 bits per heavy atom. The minimum absolute atomic E-state index is 0.0335. The number of aryl methyl sites for hydroxylation is 2. The average Bonchev–Trinajstić information content (AvgIpc) is 3.56. The molecule has 0 unspecified atom stereocenters. The molecule has 0 bridgehead atoms. The fraction of sp³-hybridized carbons (Fsp3) is 0.409. The number of rotatable bonds is 9. The molecule has 3 heterocycles. The predicted molar refractivity (Wildman–Crippen MR) is 124 cm³/mol. The molecule has 35 heavy (non-hydrogen) atoms. The van der Waals surface area contributed by atoms with Crippen LogP contribution in [0.3, 0.4) is 0 Å². The summed E-state index contributed by atoms with van der Waals surface area (Å²) < 4.78 is 14.3. The summed E-state index contributed by atoms with van der Waals surface area (Å²) in [4.78, 5) is 36.6. The summed E-state index contributed by atoms with van der Waals surface area (Å²) in [7, 11) is 1.61. The van der Waals surface area contributed by atoms with Crippen LogP contribution in [0.4, 0.5) is 5.69 Å². The average molecular weight is 501 g/mol. The molecule has 1 aliphatic heterocycles. The molecule has 0 amide bonds. The molecule has 184 valence electrons. The number of ketones is 1. The topological polar surface area (TPSA) is 144 Å². The van der Waals surface area contributed by atoms with Crippen LogP contribution in [0.2, 0.25) is 0 Å². The molecule has 0 radical (unpaired) electrons. The minimum Gasteiger partial charge on any atom is -0.454 e. The Kier molecular flexibility index (Phi) is 7.26. The van der Waals surface area contributed by atoms with Crippen LogP contribution in [0.25, 0.3) is 0 Å². The second-order valence-corrected chi connectivity index (χ2v) is 9.17. The van der Waals surface area contributed by atoms with Gasteiger partial charge in [-0.15, -0.1) is 5.10 Å². The van der Waals surface area contributed by atoms with E-state index >= 15 is 0 Å². The smallest absolute Gasteiger partial charge is 0.338 e. The van der Waals surface area contributed by atoms with Gasteiger partial charge in [0.05, 0.1) is 21.5 Å². The highest BCUT2D eigenvalue weighted by molar-refractivity contribution is 7.99. The zero-order chi connectivity index (χ0) is 25.1. The fourth-order valence-electron chi connectivity index (χ4n) is 3.93. The van der Waals surface area contributed by atoms with E-state index in [1.165, 1.54) is 16.8 Å². The molecule has 0 saturated carbocycles. The minimum atomic E-state index is -0.827. The van der Waals surface area contributed by atoms with E-state index in [0.717, 1.165) is 48.7 Å². The van der Waals surface area contributed by atoms with E-state index in [1.807, 2.05) is 18.4 Å². The van der Waals surface area contributed by atoms with E-state index in [-0.39, 0.29) is 28.0 Å². The van der Waals surface area contributed by atoms with Gasteiger partial charge in [-0.25, -0.2) is 9.48 Å². The molecular weight excluding hydrogens is 476 g/mol. The zero-order valence-electron chi connectivity index (χ0n) is 19.5. The van der Waals surface area contributed by atoms with Crippen LogP contribution < -0.4 is 0 Å². The molecule has 4 rings (SSSR count). The van der Waals surface area contributed by atoms with Crippen LogP contribution in [-0.4, -0.2) is 60.8 Å². The van der Waals surface area contributed by atoms with Gasteiger partial charge in [0.15, 0.2) is 6.61 Å². The molecule has 1 aromatic carbocycles. The molecule has 3 aromatic rings. The molecule has 0 spiro atoms. The van der Waals surface area contributed by atoms with E-state index in [9.17, 15) is 19.7 Å². The van der Waals surface area contributed by atoms with Gasteiger partial charge in [0.1, 0.15) is 0 Å². The number of nitrogens with zero attached hydrogens (tertiary/aromatic N) is 6. The summed E-state index contributed by atoms with van der Waals surface area (Å²) in [6, 6.07) is 5.72. The molecule has 12 nitrogen and oxygen atoms in total. The van der Waals surface area contributed by atoms with Gasteiger partial charge in [0, 0.05) is 43.2 Å². The SMILES string of the molecule is Cc1cc(C(=O)COC(=O)c2ccc(Sc3nnnn3C)c([N+](=O)[O-])c2)c(C)n1C[C@@H]1CCCO1. The Bertz CT molecular complexity index is 1280. The van der Waals surface area contributed by atoms with Crippen molar-refractivity contribution in [3.05, 3.63) is 56.9 Å². The maximum Gasteiger partial charge on any atom is 0.338 e. The van der Waals surface area contributed by atoms with Crippen LogP contribution in [-0.2, 0) is 23.1 Å². The number of hydrogen-bond acceptors (Lipinski definition) is 10. The van der Waals surface area contributed by atoms with Gasteiger partial charge < -0.3 is 14.0 Å². The normalized spacial score (nSPS) is 15.3. The fourth-order valence-corrected chi connectivity index (χ4v) is 4.74.